The molecule has 0 aliphatic carbocycles. The molecule has 0 aromatic heterocycles. The first-order chi connectivity index (χ1) is 23.7. The Labute approximate surface area is 292 Å². The van der Waals surface area contributed by atoms with Crippen molar-refractivity contribution >= 4 is 17.5 Å². The van der Waals surface area contributed by atoms with Crippen LogP contribution in [0, 0.1) is 0 Å². The quantitative estimate of drug-likeness (QED) is 0.0928. The molecule has 4 aromatic rings. The molecule has 262 valence electrons. The second-order valence-corrected chi connectivity index (χ2v) is 12.2. The number of methoxy groups -OCH3 is 2. The molecule has 1 amide bonds. The van der Waals surface area contributed by atoms with Crippen LogP contribution < -0.4 is 4.74 Å². The van der Waals surface area contributed by atoms with Crippen LogP contribution in [0.15, 0.2) is 103 Å². The van der Waals surface area contributed by atoms with E-state index in [0.29, 0.717) is 63.7 Å². The molecule has 0 radical (unpaired) electrons. The predicted octanol–water partition coefficient (Wildman–Crippen LogP) is 8.13. The second-order valence-electron chi connectivity index (χ2n) is 11.8. The molecule has 0 aliphatic rings. The van der Waals surface area contributed by atoms with Gasteiger partial charge in [-0.15, -0.1) is 0 Å². The lowest BCUT2D eigenvalue weighted by Gasteiger charge is -2.29. The summed E-state index contributed by atoms with van der Waals surface area (Å²) in [7, 11) is 3.20. The van der Waals surface area contributed by atoms with Crippen molar-refractivity contribution in [1.29, 1.82) is 0 Å². The third-order valence-electron chi connectivity index (χ3n) is 8.25. The highest BCUT2D eigenvalue weighted by Gasteiger charge is 2.34. The highest BCUT2D eigenvalue weighted by molar-refractivity contribution is 6.32. The molecule has 6 nitrogen and oxygen atoms in total. The highest BCUT2D eigenvalue weighted by Crippen LogP contribution is 2.37. The van der Waals surface area contributed by atoms with Crippen molar-refractivity contribution < 1.29 is 32.2 Å². The van der Waals surface area contributed by atoms with Gasteiger partial charge in [0.25, 0.3) is 0 Å². The molecule has 10 heteroatoms. The highest BCUT2D eigenvalue weighted by atomic mass is 35.5. The maximum atomic E-state index is 13.7. The Morgan fingerprint density at radius 1 is 0.776 bits per heavy atom. The first kappa shape index (κ1) is 37.9. The van der Waals surface area contributed by atoms with Crippen LogP contribution in [-0.4, -0.2) is 75.9 Å². The minimum Gasteiger partial charge on any atom is -0.494 e. The lowest BCUT2D eigenvalue weighted by atomic mass is 9.90. The van der Waals surface area contributed by atoms with E-state index >= 15 is 0 Å². The molecule has 0 unspecified atom stereocenters. The Morgan fingerprint density at radius 3 is 1.98 bits per heavy atom. The van der Waals surface area contributed by atoms with Gasteiger partial charge in [0.05, 0.1) is 36.8 Å². The molecule has 0 atom stereocenters. The number of rotatable bonds is 19. The summed E-state index contributed by atoms with van der Waals surface area (Å²) < 4.78 is 57.6. The third kappa shape index (κ3) is 11.9. The molecule has 0 aliphatic heterocycles. The van der Waals surface area contributed by atoms with Gasteiger partial charge in [-0.05, 0) is 46.9 Å². The average Bonchev–Trinajstić information content (AvgIpc) is 3.10. The van der Waals surface area contributed by atoms with Gasteiger partial charge >= 0.3 is 6.18 Å². The van der Waals surface area contributed by atoms with E-state index in [1.807, 2.05) is 60.7 Å². The van der Waals surface area contributed by atoms with E-state index in [0.717, 1.165) is 22.8 Å². The number of halogens is 4. The van der Waals surface area contributed by atoms with Crippen molar-refractivity contribution in [1.82, 2.24) is 9.80 Å². The minimum absolute atomic E-state index is 0.0190. The van der Waals surface area contributed by atoms with Gasteiger partial charge in [0.1, 0.15) is 5.75 Å². The summed E-state index contributed by atoms with van der Waals surface area (Å²) in [5.41, 5.74) is 2.63. The number of hydrogen-bond donors (Lipinski definition) is 0. The van der Waals surface area contributed by atoms with E-state index in [1.54, 1.807) is 25.2 Å². The Balaban J connectivity index is 1.47. The smallest absolute Gasteiger partial charge is 0.417 e. The summed E-state index contributed by atoms with van der Waals surface area (Å²) in [5.74, 6) is 0.598. The van der Waals surface area contributed by atoms with Crippen LogP contribution in [-0.2, 0) is 33.4 Å². The molecule has 4 aromatic carbocycles. The van der Waals surface area contributed by atoms with Crippen LogP contribution in [0.1, 0.15) is 40.2 Å². The van der Waals surface area contributed by atoms with E-state index in [-0.39, 0.29) is 29.8 Å². The number of benzene rings is 4. The summed E-state index contributed by atoms with van der Waals surface area (Å²) in [6.07, 6.45) is -3.72. The zero-order chi connectivity index (χ0) is 35.1. The van der Waals surface area contributed by atoms with E-state index in [1.165, 1.54) is 6.07 Å². The Kier molecular flexibility index (Phi) is 15.0. The number of ether oxygens (including phenoxy) is 3. The second kappa shape index (κ2) is 19.3. The number of amides is 1. The van der Waals surface area contributed by atoms with Gasteiger partial charge < -0.3 is 19.1 Å². The summed E-state index contributed by atoms with van der Waals surface area (Å²) in [6, 6.07) is 31.7. The first-order valence-corrected chi connectivity index (χ1v) is 16.7. The van der Waals surface area contributed by atoms with Gasteiger partial charge in [-0.2, -0.15) is 13.2 Å². The fourth-order valence-electron chi connectivity index (χ4n) is 5.70. The third-order valence-corrected chi connectivity index (χ3v) is 8.69. The van der Waals surface area contributed by atoms with Gasteiger partial charge in [-0.1, -0.05) is 96.5 Å². The number of carbonyl (C=O) groups is 1. The lowest BCUT2D eigenvalue weighted by molar-refractivity contribution is -0.137. The number of nitrogens with zero attached hydrogens (tertiary/aromatic N) is 2. The fourth-order valence-corrected chi connectivity index (χ4v) is 6.00. The lowest BCUT2D eigenvalue weighted by Crippen LogP contribution is -2.37. The Hall–Kier alpha value is -3.89. The summed E-state index contributed by atoms with van der Waals surface area (Å²) in [4.78, 5) is 16.9. The van der Waals surface area contributed by atoms with Crippen molar-refractivity contribution in [3.05, 3.63) is 136 Å². The molecule has 0 N–H and O–H groups in total. The van der Waals surface area contributed by atoms with Crippen molar-refractivity contribution in [3.8, 4) is 5.75 Å². The van der Waals surface area contributed by atoms with Crippen LogP contribution in [0.5, 0.6) is 5.75 Å². The molecule has 4 rings (SSSR count). The minimum atomic E-state index is -4.55. The van der Waals surface area contributed by atoms with Gasteiger partial charge in [0, 0.05) is 52.9 Å². The van der Waals surface area contributed by atoms with Crippen molar-refractivity contribution in [2.45, 2.75) is 31.5 Å². The summed E-state index contributed by atoms with van der Waals surface area (Å²) in [6.45, 7) is 3.55. The Morgan fingerprint density at radius 2 is 1.39 bits per heavy atom. The molecular formula is C39H44ClF3N2O4. The monoisotopic (exact) mass is 696 g/mol. The average molecular weight is 697 g/mol. The normalized spacial score (nSPS) is 11.7. The zero-order valence-electron chi connectivity index (χ0n) is 28.0. The maximum absolute atomic E-state index is 13.7. The molecule has 0 bridgehead atoms. The van der Waals surface area contributed by atoms with E-state index in [9.17, 15) is 18.0 Å². The topological polar surface area (TPSA) is 51.2 Å². The first-order valence-electron chi connectivity index (χ1n) is 16.3. The van der Waals surface area contributed by atoms with E-state index in [4.69, 9.17) is 25.8 Å². The van der Waals surface area contributed by atoms with Crippen molar-refractivity contribution in [2.24, 2.45) is 0 Å². The summed E-state index contributed by atoms with van der Waals surface area (Å²) in [5, 5.41) is -0.276. The van der Waals surface area contributed by atoms with Gasteiger partial charge in [-0.3, -0.25) is 9.69 Å². The molecular weight excluding hydrogens is 653 g/mol. The van der Waals surface area contributed by atoms with Crippen molar-refractivity contribution in [3.63, 3.8) is 0 Å². The molecule has 0 spiro atoms. The van der Waals surface area contributed by atoms with Gasteiger partial charge in [0.15, 0.2) is 0 Å². The molecule has 0 heterocycles. The Bertz CT molecular complexity index is 1530. The van der Waals surface area contributed by atoms with Gasteiger partial charge in [0.2, 0.25) is 5.91 Å². The molecule has 0 saturated carbocycles. The fraction of sp³-hybridized carbons (Fsp3) is 0.359. The molecule has 0 saturated heterocycles. The largest absolute Gasteiger partial charge is 0.494 e. The van der Waals surface area contributed by atoms with Crippen molar-refractivity contribution in [2.75, 3.05) is 60.2 Å². The van der Waals surface area contributed by atoms with Crippen LogP contribution in [0.2, 0.25) is 5.02 Å². The SMILES string of the molecule is COCCN(CCOC)C(=O)Cc1cccc(OCCCN(Cc2cccc(C(F)(F)F)c2Cl)CC(c2ccccc2)c2ccccc2)c1. The van der Waals surface area contributed by atoms with E-state index < -0.39 is 11.7 Å². The van der Waals surface area contributed by atoms with Crippen LogP contribution in [0.3, 0.4) is 0 Å². The van der Waals surface area contributed by atoms with Crippen LogP contribution in [0.25, 0.3) is 0 Å². The standard InChI is InChI=1S/C39H44ClF3N2O4/c1-47-24-21-45(22-25-48-2)37(46)27-30-12-9-18-34(26-30)49-23-11-20-44(28-33-17-10-19-36(38(33)40)39(41,42)43)29-35(31-13-5-3-6-14-31)32-15-7-4-8-16-32/h3-10,12-19,26,35H,11,20-25,27-29H2,1-2H3. The van der Waals surface area contributed by atoms with Crippen LogP contribution >= 0.6 is 11.6 Å². The summed E-state index contributed by atoms with van der Waals surface area (Å²) >= 11 is 6.36. The molecule has 0 fully saturated rings. The van der Waals surface area contributed by atoms with E-state index in [2.05, 4.69) is 29.2 Å². The van der Waals surface area contributed by atoms with Crippen LogP contribution in [0.4, 0.5) is 13.2 Å². The predicted molar refractivity (Wildman–Crippen MR) is 187 cm³/mol. The maximum Gasteiger partial charge on any atom is 0.417 e. The number of carbonyl (C=O) groups excluding carboxylic acids is 1. The van der Waals surface area contributed by atoms with Gasteiger partial charge in [-0.25, -0.2) is 0 Å². The molecule has 49 heavy (non-hydrogen) atoms. The zero-order valence-corrected chi connectivity index (χ0v) is 28.8. The number of alkyl halides is 3. The number of hydrogen-bond acceptors (Lipinski definition) is 5.